The molecule has 0 bridgehead atoms. The van der Waals surface area contributed by atoms with E-state index in [4.69, 9.17) is 10.2 Å². The third-order valence-corrected chi connectivity index (χ3v) is 6.73. The third kappa shape index (κ3) is 4.14. The molecule has 5 heteroatoms. The molecule has 0 aliphatic carbocycles. The molecular weight excluding hydrogens is 420 g/mol. The van der Waals surface area contributed by atoms with E-state index in [0.29, 0.717) is 19.0 Å². The number of benzene rings is 3. The Kier molecular flexibility index (Phi) is 6.01. The minimum atomic E-state index is 0.0863. The van der Waals surface area contributed by atoms with E-state index in [9.17, 15) is 4.79 Å². The molecule has 2 heterocycles. The molecule has 5 rings (SSSR count). The van der Waals surface area contributed by atoms with Crippen LogP contribution in [0, 0.1) is 0 Å². The summed E-state index contributed by atoms with van der Waals surface area (Å²) < 4.78 is 0. The average Bonchev–Trinajstić information content (AvgIpc) is 2.88. The number of hydrogen-bond donors (Lipinski definition) is 0. The van der Waals surface area contributed by atoms with Gasteiger partial charge in [-0.15, -0.1) is 10.2 Å². The van der Waals surface area contributed by atoms with Gasteiger partial charge in [-0.1, -0.05) is 80.6 Å². The number of amides is 1. The van der Waals surface area contributed by atoms with Crippen LogP contribution in [0.3, 0.4) is 0 Å². The minimum Gasteiger partial charge on any atom is -0.348 e. The number of anilines is 1. The number of nitrogens with zero attached hydrogens (tertiary/aromatic N) is 4. The van der Waals surface area contributed by atoms with E-state index in [-0.39, 0.29) is 11.9 Å². The van der Waals surface area contributed by atoms with Crippen LogP contribution in [-0.4, -0.2) is 46.7 Å². The Bertz CT molecular complexity index is 1300. The first kappa shape index (κ1) is 22.1. The van der Waals surface area contributed by atoms with E-state index in [1.807, 2.05) is 35.2 Å². The number of fused-ring (bicyclic) bond motifs is 1. The predicted octanol–water partition coefficient (Wildman–Crippen LogP) is 5.77. The molecule has 1 amide bonds. The van der Waals surface area contributed by atoms with Gasteiger partial charge in [0.05, 0.1) is 0 Å². The largest absolute Gasteiger partial charge is 0.348 e. The molecule has 1 fully saturated rings. The molecule has 1 atom stereocenters. The van der Waals surface area contributed by atoms with Crippen LogP contribution < -0.4 is 4.90 Å². The Labute approximate surface area is 201 Å². The second-order valence-corrected chi connectivity index (χ2v) is 9.35. The smallest absolute Gasteiger partial charge is 0.253 e. The SMILES string of the molecule is CC(C)c1ccc(-c2nnc(N3CCN(C(=O)c4ccccc4)C[C@H]3C)c3ccccc23)cc1. The maximum absolute atomic E-state index is 12.9. The van der Waals surface area contributed by atoms with Crippen molar-refractivity contribution < 1.29 is 4.79 Å². The van der Waals surface area contributed by atoms with Gasteiger partial charge in [-0.25, -0.2) is 0 Å². The standard InChI is InChI=1S/C29H30N4O/c1-20(2)22-13-15-23(16-14-22)27-25-11-7-8-12-26(25)28(31-30-27)33-18-17-32(19-21(33)3)29(34)24-9-5-4-6-10-24/h4-16,20-21H,17-19H2,1-3H3/t21-/m1/s1. The van der Waals surface area contributed by atoms with E-state index in [1.165, 1.54) is 5.56 Å². The van der Waals surface area contributed by atoms with Gasteiger partial charge in [0.15, 0.2) is 5.82 Å². The minimum absolute atomic E-state index is 0.0863. The number of aromatic nitrogens is 2. The van der Waals surface area contributed by atoms with Gasteiger partial charge in [0.2, 0.25) is 0 Å². The van der Waals surface area contributed by atoms with Crippen molar-refractivity contribution in [1.29, 1.82) is 0 Å². The van der Waals surface area contributed by atoms with Gasteiger partial charge in [-0.05, 0) is 30.5 Å². The van der Waals surface area contributed by atoms with Crippen molar-refractivity contribution in [2.75, 3.05) is 24.5 Å². The number of carbonyl (C=O) groups excluding carboxylic acids is 1. The van der Waals surface area contributed by atoms with Crippen LogP contribution in [0.25, 0.3) is 22.0 Å². The Hall–Kier alpha value is -3.73. The summed E-state index contributed by atoms with van der Waals surface area (Å²) in [6.45, 7) is 8.59. The Morgan fingerprint density at radius 2 is 1.53 bits per heavy atom. The van der Waals surface area contributed by atoms with Crippen LogP contribution in [0.4, 0.5) is 5.82 Å². The molecule has 34 heavy (non-hydrogen) atoms. The molecule has 0 N–H and O–H groups in total. The summed E-state index contributed by atoms with van der Waals surface area (Å²) in [7, 11) is 0. The lowest BCUT2D eigenvalue weighted by Crippen LogP contribution is -2.54. The average molecular weight is 451 g/mol. The van der Waals surface area contributed by atoms with Gasteiger partial charge in [-0.2, -0.15) is 0 Å². The van der Waals surface area contributed by atoms with Gasteiger partial charge in [0.25, 0.3) is 5.91 Å². The highest BCUT2D eigenvalue weighted by atomic mass is 16.2. The molecule has 4 aromatic rings. The van der Waals surface area contributed by atoms with Crippen LogP contribution in [0.15, 0.2) is 78.9 Å². The topological polar surface area (TPSA) is 49.3 Å². The van der Waals surface area contributed by atoms with Gasteiger partial charge >= 0.3 is 0 Å². The Morgan fingerprint density at radius 3 is 2.21 bits per heavy atom. The lowest BCUT2D eigenvalue weighted by atomic mass is 9.99. The van der Waals surface area contributed by atoms with Crippen molar-refractivity contribution in [2.24, 2.45) is 0 Å². The molecule has 1 aliphatic rings. The monoisotopic (exact) mass is 450 g/mol. The van der Waals surface area contributed by atoms with Gasteiger partial charge in [0, 0.05) is 47.6 Å². The molecule has 0 radical (unpaired) electrons. The second kappa shape index (κ2) is 9.26. The van der Waals surface area contributed by atoms with Crippen molar-refractivity contribution >= 4 is 22.5 Å². The van der Waals surface area contributed by atoms with Crippen LogP contribution >= 0.6 is 0 Å². The number of piperazine rings is 1. The summed E-state index contributed by atoms with van der Waals surface area (Å²) >= 11 is 0. The first-order valence-corrected chi connectivity index (χ1v) is 12.0. The number of carbonyl (C=O) groups is 1. The number of rotatable bonds is 4. The summed E-state index contributed by atoms with van der Waals surface area (Å²) in [6.07, 6.45) is 0. The molecule has 172 valence electrons. The number of hydrogen-bond acceptors (Lipinski definition) is 4. The zero-order valence-corrected chi connectivity index (χ0v) is 20.0. The third-order valence-electron chi connectivity index (χ3n) is 6.73. The Balaban J connectivity index is 1.44. The summed E-state index contributed by atoms with van der Waals surface area (Å²) in [5.74, 6) is 1.47. The molecule has 1 aromatic heterocycles. The zero-order valence-electron chi connectivity index (χ0n) is 20.0. The van der Waals surface area contributed by atoms with E-state index in [1.54, 1.807) is 0 Å². The van der Waals surface area contributed by atoms with E-state index in [0.717, 1.165) is 40.0 Å². The molecule has 5 nitrogen and oxygen atoms in total. The lowest BCUT2D eigenvalue weighted by Gasteiger charge is -2.40. The zero-order chi connectivity index (χ0) is 23.7. The second-order valence-electron chi connectivity index (χ2n) is 9.35. The summed E-state index contributed by atoms with van der Waals surface area (Å²) in [4.78, 5) is 17.2. The maximum Gasteiger partial charge on any atom is 0.253 e. The van der Waals surface area contributed by atoms with E-state index >= 15 is 0 Å². The lowest BCUT2D eigenvalue weighted by molar-refractivity contribution is 0.0726. The maximum atomic E-state index is 12.9. The van der Waals surface area contributed by atoms with Crippen molar-refractivity contribution in [3.05, 3.63) is 90.0 Å². The van der Waals surface area contributed by atoms with Crippen LogP contribution in [0.1, 0.15) is 42.6 Å². The van der Waals surface area contributed by atoms with Crippen molar-refractivity contribution in [3.63, 3.8) is 0 Å². The quantitative estimate of drug-likeness (QED) is 0.396. The van der Waals surface area contributed by atoms with Gasteiger partial charge < -0.3 is 9.80 Å². The molecular formula is C29H30N4O. The van der Waals surface area contributed by atoms with E-state index < -0.39 is 0 Å². The van der Waals surface area contributed by atoms with Gasteiger partial charge in [-0.3, -0.25) is 4.79 Å². The molecule has 3 aromatic carbocycles. The summed E-state index contributed by atoms with van der Waals surface area (Å²) in [6, 6.07) is 26.6. The van der Waals surface area contributed by atoms with Crippen LogP contribution in [0.2, 0.25) is 0 Å². The normalized spacial score (nSPS) is 16.3. The van der Waals surface area contributed by atoms with Crippen LogP contribution in [-0.2, 0) is 0 Å². The summed E-state index contributed by atoms with van der Waals surface area (Å²) in [5, 5.41) is 11.6. The first-order valence-electron chi connectivity index (χ1n) is 12.0. The fourth-order valence-corrected chi connectivity index (χ4v) is 4.76. The van der Waals surface area contributed by atoms with E-state index in [2.05, 4.69) is 74.2 Å². The Morgan fingerprint density at radius 1 is 0.853 bits per heavy atom. The van der Waals surface area contributed by atoms with Crippen molar-refractivity contribution in [1.82, 2.24) is 15.1 Å². The first-order chi connectivity index (χ1) is 16.5. The fraction of sp³-hybridized carbons (Fsp3) is 0.276. The highest BCUT2D eigenvalue weighted by molar-refractivity contribution is 6.00. The van der Waals surface area contributed by atoms with Crippen molar-refractivity contribution in [2.45, 2.75) is 32.7 Å². The van der Waals surface area contributed by atoms with Crippen LogP contribution in [0.5, 0.6) is 0 Å². The molecule has 0 spiro atoms. The van der Waals surface area contributed by atoms with Crippen molar-refractivity contribution in [3.8, 4) is 11.3 Å². The predicted molar refractivity (Wildman–Crippen MR) is 138 cm³/mol. The highest BCUT2D eigenvalue weighted by Gasteiger charge is 2.29. The fourth-order valence-electron chi connectivity index (χ4n) is 4.76. The van der Waals surface area contributed by atoms with Gasteiger partial charge in [0.1, 0.15) is 5.69 Å². The molecule has 1 saturated heterocycles. The molecule has 1 aliphatic heterocycles. The summed E-state index contributed by atoms with van der Waals surface area (Å²) in [5.41, 5.74) is 4.03. The molecule has 0 unspecified atom stereocenters. The highest BCUT2D eigenvalue weighted by Crippen LogP contribution is 2.33. The molecule has 0 saturated carbocycles.